The zero-order chi connectivity index (χ0) is 30.3. The monoisotopic (exact) mass is 675 g/mol. The zero-order valence-electron chi connectivity index (χ0n) is 23.6. The molecule has 224 valence electrons. The van der Waals surface area contributed by atoms with Gasteiger partial charge in [-0.25, -0.2) is 8.42 Å². The summed E-state index contributed by atoms with van der Waals surface area (Å²) in [5, 5.41) is 3.62. The average molecular weight is 677 g/mol. The third-order valence-corrected chi connectivity index (χ3v) is 9.82. The van der Waals surface area contributed by atoms with Crippen molar-refractivity contribution in [1.82, 2.24) is 10.2 Å². The summed E-state index contributed by atoms with van der Waals surface area (Å²) in [6.45, 7) is 3.57. The molecule has 8 nitrogen and oxygen atoms in total. The molecule has 11 heteroatoms. The molecule has 0 aliphatic heterocycles. The van der Waals surface area contributed by atoms with Gasteiger partial charge < -0.3 is 15.0 Å². The highest BCUT2D eigenvalue weighted by Crippen LogP contribution is 2.28. The standard InChI is InChI=1S/C31H35BrClN3O5S/c1-3-41-28-16-14-27(15-17-28)36(42(39,40)29-18-10-24(32)11-19-29)21-30(37)35(20-23-8-12-25(33)13-9-23)22(2)31(38)34-26-6-4-5-7-26/h8-19,22,26H,3-7,20-21H2,1-2H3,(H,34,38)/t22-/m0/s1. The van der Waals surface area contributed by atoms with E-state index in [2.05, 4.69) is 21.2 Å². The van der Waals surface area contributed by atoms with Crippen LogP contribution >= 0.6 is 27.5 Å². The van der Waals surface area contributed by atoms with E-state index in [0.717, 1.165) is 40.0 Å². The van der Waals surface area contributed by atoms with Crippen LogP contribution in [-0.2, 0) is 26.2 Å². The number of hydrogen-bond donors (Lipinski definition) is 1. The summed E-state index contributed by atoms with van der Waals surface area (Å²) in [5.41, 5.74) is 1.06. The first-order valence-electron chi connectivity index (χ1n) is 13.9. The van der Waals surface area contributed by atoms with E-state index in [9.17, 15) is 18.0 Å². The first-order chi connectivity index (χ1) is 20.1. The lowest BCUT2D eigenvalue weighted by atomic mass is 10.1. The van der Waals surface area contributed by atoms with Gasteiger partial charge in [0.1, 0.15) is 18.3 Å². The summed E-state index contributed by atoms with van der Waals surface area (Å²) >= 11 is 9.42. The number of ether oxygens (including phenoxy) is 1. The topological polar surface area (TPSA) is 96.0 Å². The van der Waals surface area contributed by atoms with Crippen molar-refractivity contribution in [2.45, 2.75) is 63.1 Å². The van der Waals surface area contributed by atoms with E-state index in [1.807, 2.05) is 6.92 Å². The minimum Gasteiger partial charge on any atom is -0.494 e. The molecule has 42 heavy (non-hydrogen) atoms. The van der Waals surface area contributed by atoms with Gasteiger partial charge in [0.15, 0.2) is 0 Å². The molecule has 0 heterocycles. The fraction of sp³-hybridized carbons (Fsp3) is 0.355. The van der Waals surface area contributed by atoms with E-state index >= 15 is 0 Å². The molecule has 3 aromatic carbocycles. The van der Waals surface area contributed by atoms with Gasteiger partial charge in [0.05, 0.1) is 17.2 Å². The maximum Gasteiger partial charge on any atom is 0.264 e. The van der Waals surface area contributed by atoms with Crippen LogP contribution < -0.4 is 14.4 Å². The molecular formula is C31H35BrClN3O5S. The molecule has 0 spiro atoms. The van der Waals surface area contributed by atoms with Crippen LogP contribution in [0.2, 0.25) is 5.02 Å². The van der Waals surface area contributed by atoms with E-state index in [1.165, 1.54) is 17.0 Å². The summed E-state index contributed by atoms with van der Waals surface area (Å²) in [6, 6.07) is 19.0. The Bertz CT molecular complexity index is 1460. The quantitative estimate of drug-likeness (QED) is 0.248. The Labute approximate surface area is 261 Å². The smallest absolute Gasteiger partial charge is 0.264 e. The van der Waals surface area contributed by atoms with Gasteiger partial charge in [-0.1, -0.05) is 52.5 Å². The largest absolute Gasteiger partial charge is 0.494 e. The van der Waals surface area contributed by atoms with Crippen LogP contribution in [0.3, 0.4) is 0 Å². The van der Waals surface area contributed by atoms with Crippen molar-refractivity contribution in [2.75, 3.05) is 17.5 Å². The Morgan fingerprint density at radius 2 is 1.62 bits per heavy atom. The maximum atomic E-state index is 14.1. The summed E-state index contributed by atoms with van der Waals surface area (Å²) in [7, 11) is -4.16. The Balaban J connectivity index is 1.68. The Morgan fingerprint density at radius 1 is 1.00 bits per heavy atom. The molecule has 3 aromatic rings. The average Bonchev–Trinajstić information content (AvgIpc) is 3.49. The maximum absolute atomic E-state index is 14.1. The van der Waals surface area contributed by atoms with Gasteiger partial charge in [0.25, 0.3) is 10.0 Å². The summed E-state index contributed by atoms with van der Waals surface area (Å²) in [5.74, 6) is -0.212. The third kappa shape index (κ3) is 8.05. The molecule has 1 N–H and O–H groups in total. The zero-order valence-corrected chi connectivity index (χ0v) is 26.8. The molecule has 2 amide bonds. The van der Waals surface area contributed by atoms with E-state index in [0.29, 0.717) is 23.1 Å². The number of nitrogens with one attached hydrogen (secondary N) is 1. The van der Waals surface area contributed by atoms with Crippen LogP contribution in [0.15, 0.2) is 82.2 Å². The Hall–Kier alpha value is -3.08. The van der Waals surface area contributed by atoms with Crippen molar-refractivity contribution >= 4 is 55.1 Å². The van der Waals surface area contributed by atoms with Gasteiger partial charge in [-0.05, 0) is 92.9 Å². The number of sulfonamides is 1. The second kappa shape index (κ2) is 14.4. The van der Waals surface area contributed by atoms with Gasteiger partial charge in [-0.3, -0.25) is 13.9 Å². The predicted octanol–water partition coefficient (Wildman–Crippen LogP) is 6.17. The van der Waals surface area contributed by atoms with E-state index in [-0.39, 0.29) is 23.4 Å². The van der Waals surface area contributed by atoms with Crippen molar-refractivity contribution < 1.29 is 22.7 Å². The number of amides is 2. The lowest BCUT2D eigenvalue weighted by molar-refractivity contribution is -0.139. The highest BCUT2D eigenvalue weighted by molar-refractivity contribution is 9.10. The molecule has 0 aromatic heterocycles. The summed E-state index contributed by atoms with van der Waals surface area (Å²) in [6.07, 6.45) is 3.91. The third-order valence-electron chi connectivity index (χ3n) is 7.25. The van der Waals surface area contributed by atoms with Crippen LogP contribution in [0.25, 0.3) is 0 Å². The Morgan fingerprint density at radius 3 is 2.21 bits per heavy atom. The minimum atomic E-state index is -4.16. The number of carbonyl (C=O) groups is 2. The first kappa shape index (κ1) is 31.8. The van der Waals surface area contributed by atoms with E-state index in [1.54, 1.807) is 67.6 Å². The van der Waals surface area contributed by atoms with E-state index in [4.69, 9.17) is 16.3 Å². The molecule has 4 rings (SSSR count). The molecule has 0 unspecified atom stereocenters. The fourth-order valence-corrected chi connectivity index (χ4v) is 6.70. The van der Waals surface area contributed by atoms with Crippen LogP contribution in [0, 0.1) is 0 Å². The normalized spacial score (nSPS) is 14.3. The van der Waals surface area contributed by atoms with Gasteiger partial charge in [0.2, 0.25) is 11.8 Å². The minimum absolute atomic E-state index is 0.0312. The number of halogens is 2. The number of anilines is 1. The number of rotatable bonds is 12. The van der Waals surface area contributed by atoms with Gasteiger partial charge >= 0.3 is 0 Å². The van der Waals surface area contributed by atoms with Crippen molar-refractivity contribution in [3.05, 3.63) is 87.9 Å². The number of benzene rings is 3. The van der Waals surface area contributed by atoms with Gasteiger partial charge in [-0.15, -0.1) is 0 Å². The molecule has 1 atom stereocenters. The molecule has 1 aliphatic rings. The molecular weight excluding hydrogens is 642 g/mol. The van der Waals surface area contributed by atoms with Gasteiger partial charge in [0, 0.05) is 22.1 Å². The number of carbonyl (C=O) groups excluding carboxylic acids is 2. The first-order valence-corrected chi connectivity index (χ1v) is 16.5. The highest BCUT2D eigenvalue weighted by Gasteiger charge is 2.33. The lowest BCUT2D eigenvalue weighted by Crippen LogP contribution is -2.52. The predicted molar refractivity (Wildman–Crippen MR) is 168 cm³/mol. The van der Waals surface area contributed by atoms with Crippen molar-refractivity contribution in [3.63, 3.8) is 0 Å². The Kier molecular flexibility index (Phi) is 10.9. The van der Waals surface area contributed by atoms with Crippen molar-refractivity contribution in [1.29, 1.82) is 0 Å². The second-order valence-electron chi connectivity index (χ2n) is 10.2. The molecule has 0 saturated heterocycles. The van der Waals surface area contributed by atoms with Crippen LogP contribution in [0.5, 0.6) is 5.75 Å². The molecule has 1 fully saturated rings. The molecule has 0 bridgehead atoms. The van der Waals surface area contributed by atoms with Crippen LogP contribution in [0.1, 0.15) is 45.1 Å². The number of hydrogen-bond acceptors (Lipinski definition) is 5. The van der Waals surface area contributed by atoms with E-state index < -0.39 is 28.5 Å². The molecule has 1 saturated carbocycles. The van der Waals surface area contributed by atoms with Gasteiger partial charge in [-0.2, -0.15) is 0 Å². The summed E-state index contributed by atoms with van der Waals surface area (Å²) < 4.78 is 35.2. The summed E-state index contributed by atoms with van der Waals surface area (Å²) in [4.78, 5) is 28.8. The number of nitrogens with zero attached hydrogens (tertiary/aromatic N) is 2. The molecule has 1 aliphatic carbocycles. The SMILES string of the molecule is CCOc1ccc(N(CC(=O)N(Cc2ccc(Cl)cc2)[C@@H](C)C(=O)NC2CCCC2)S(=O)(=O)c2ccc(Br)cc2)cc1. The van der Waals surface area contributed by atoms with Crippen LogP contribution in [0.4, 0.5) is 5.69 Å². The lowest BCUT2D eigenvalue weighted by Gasteiger charge is -2.32. The van der Waals surface area contributed by atoms with Crippen molar-refractivity contribution in [3.8, 4) is 5.75 Å². The highest BCUT2D eigenvalue weighted by atomic mass is 79.9. The van der Waals surface area contributed by atoms with Crippen molar-refractivity contribution in [2.24, 2.45) is 0 Å². The fourth-order valence-electron chi connectivity index (χ4n) is 4.90. The molecule has 0 radical (unpaired) electrons. The second-order valence-corrected chi connectivity index (χ2v) is 13.4. The van der Waals surface area contributed by atoms with Crippen LogP contribution in [-0.4, -0.2) is 50.4 Å².